The number of halogens is 1. The molecule has 1 aromatic rings. The van der Waals surface area contributed by atoms with E-state index < -0.39 is 0 Å². The number of rotatable bonds is 2. The van der Waals surface area contributed by atoms with Gasteiger partial charge < -0.3 is 4.74 Å². The van der Waals surface area contributed by atoms with E-state index in [9.17, 15) is 4.79 Å². The lowest BCUT2D eigenvalue weighted by molar-refractivity contribution is -0.146. The molecule has 3 nitrogen and oxygen atoms in total. The molecule has 17 heavy (non-hydrogen) atoms. The molecule has 0 amide bonds. The zero-order valence-corrected chi connectivity index (χ0v) is 10.6. The minimum absolute atomic E-state index is 0.0618. The van der Waals surface area contributed by atoms with Gasteiger partial charge in [-0.05, 0) is 43.2 Å². The summed E-state index contributed by atoms with van der Waals surface area (Å²) in [5.74, 6) is 0.407. The topological polar surface area (TPSA) is 39.2 Å². The summed E-state index contributed by atoms with van der Waals surface area (Å²) in [5, 5.41) is 0.592. The van der Waals surface area contributed by atoms with Gasteiger partial charge in [-0.25, -0.2) is 4.98 Å². The molecule has 2 rings (SSSR count). The molecule has 92 valence electrons. The van der Waals surface area contributed by atoms with Gasteiger partial charge in [-0.3, -0.25) is 4.79 Å². The van der Waals surface area contributed by atoms with Crippen LogP contribution in [-0.2, 0) is 9.53 Å². The molecule has 1 heterocycles. The SMILES string of the molecule is COC(=O)C1CCC(c2cccnc2Cl)CC1. The lowest BCUT2D eigenvalue weighted by Crippen LogP contribution is -2.22. The molecule has 0 atom stereocenters. The van der Waals surface area contributed by atoms with Gasteiger partial charge in [-0.15, -0.1) is 0 Å². The van der Waals surface area contributed by atoms with E-state index in [-0.39, 0.29) is 11.9 Å². The van der Waals surface area contributed by atoms with Crippen LogP contribution in [0.5, 0.6) is 0 Å². The predicted molar refractivity (Wildman–Crippen MR) is 66.0 cm³/mol. The molecule has 0 N–H and O–H groups in total. The van der Waals surface area contributed by atoms with Crippen LogP contribution >= 0.6 is 11.6 Å². The molecule has 0 aromatic carbocycles. The first kappa shape index (κ1) is 12.4. The number of carbonyl (C=O) groups excluding carboxylic acids is 1. The van der Waals surface area contributed by atoms with Crippen LogP contribution in [0.25, 0.3) is 0 Å². The third kappa shape index (κ3) is 2.78. The number of hydrogen-bond donors (Lipinski definition) is 0. The highest BCUT2D eigenvalue weighted by molar-refractivity contribution is 6.30. The number of aromatic nitrogens is 1. The molecule has 0 aliphatic heterocycles. The summed E-state index contributed by atoms with van der Waals surface area (Å²) in [6, 6.07) is 3.94. The molecular weight excluding hydrogens is 238 g/mol. The minimum Gasteiger partial charge on any atom is -0.469 e. The maximum atomic E-state index is 11.4. The lowest BCUT2D eigenvalue weighted by atomic mass is 9.79. The molecule has 4 heteroatoms. The molecule has 0 bridgehead atoms. The third-order valence-electron chi connectivity index (χ3n) is 3.49. The average Bonchev–Trinajstić information content (AvgIpc) is 2.39. The highest BCUT2D eigenvalue weighted by Gasteiger charge is 2.28. The van der Waals surface area contributed by atoms with E-state index in [1.165, 1.54) is 7.11 Å². The number of esters is 1. The van der Waals surface area contributed by atoms with Gasteiger partial charge in [0.15, 0.2) is 0 Å². The van der Waals surface area contributed by atoms with E-state index >= 15 is 0 Å². The van der Waals surface area contributed by atoms with Crippen molar-refractivity contribution in [3.63, 3.8) is 0 Å². The van der Waals surface area contributed by atoms with Crippen LogP contribution in [0.4, 0.5) is 0 Å². The number of hydrogen-bond acceptors (Lipinski definition) is 3. The first-order valence-electron chi connectivity index (χ1n) is 5.90. The largest absolute Gasteiger partial charge is 0.469 e. The van der Waals surface area contributed by atoms with Gasteiger partial charge in [0.1, 0.15) is 5.15 Å². The van der Waals surface area contributed by atoms with Crippen molar-refractivity contribution in [3.05, 3.63) is 29.0 Å². The second-order valence-corrected chi connectivity index (χ2v) is 4.81. The molecular formula is C13H16ClNO2. The fourth-order valence-corrected chi connectivity index (χ4v) is 2.78. The van der Waals surface area contributed by atoms with Gasteiger partial charge >= 0.3 is 5.97 Å². The standard InChI is InChI=1S/C13H16ClNO2/c1-17-13(16)10-6-4-9(5-7-10)11-3-2-8-15-12(11)14/h2-3,8-10H,4-7H2,1H3. The average molecular weight is 254 g/mol. The van der Waals surface area contributed by atoms with E-state index in [0.29, 0.717) is 11.1 Å². The van der Waals surface area contributed by atoms with Crippen molar-refractivity contribution in [3.8, 4) is 0 Å². The number of ether oxygens (including phenoxy) is 1. The Hall–Kier alpha value is -1.09. The van der Waals surface area contributed by atoms with Gasteiger partial charge in [-0.1, -0.05) is 17.7 Å². The Kier molecular flexibility index (Phi) is 4.00. The van der Waals surface area contributed by atoms with Gasteiger partial charge in [0.25, 0.3) is 0 Å². The van der Waals surface area contributed by atoms with Crippen molar-refractivity contribution in [2.45, 2.75) is 31.6 Å². The highest BCUT2D eigenvalue weighted by Crippen LogP contribution is 2.38. The number of nitrogens with zero attached hydrogens (tertiary/aromatic N) is 1. The molecule has 1 aliphatic carbocycles. The Morgan fingerprint density at radius 1 is 1.41 bits per heavy atom. The van der Waals surface area contributed by atoms with E-state index in [2.05, 4.69) is 4.98 Å². The maximum Gasteiger partial charge on any atom is 0.308 e. The van der Waals surface area contributed by atoms with Crippen molar-refractivity contribution < 1.29 is 9.53 Å². The van der Waals surface area contributed by atoms with Gasteiger partial charge in [-0.2, -0.15) is 0 Å². The van der Waals surface area contributed by atoms with Crippen LogP contribution < -0.4 is 0 Å². The first-order valence-corrected chi connectivity index (χ1v) is 6.28. The van der Waals surface area contributed by atoms with E-state index in [4.69, 9.17) is 16.3 Å². The highest BCUT2D eigenvalue weighted by atomic mass is 35.5. The summed E-state index contributed by atoms with van der Waals surface area (Å²) in [6.07, 6.45) is 5.41. The van der Waals surface area contributed by atoms with Crippen molar-refractivity contribution in [1.29, 1.82) is 0 Å². The summed E-state index contributed by atoms with van der Waals surface area (Å²) in [4.78, 5) is 15.5. The smallest absolute Gasteiger partial charge is 0.308 e. The predicted octanol–water partition coefficient (Wildman–Crippen LogP) is 3.18. The van der Waals surface area contributed by atoms with E-state index in [1.54, 1.807) is 6.20 Å². The Morgan fingerprint density at radius 3 is 2.71 bits per heavy atom. The van der Waals surface area contributed by atoms with E-state index in [1.807, 2.05) is 12.1 Å². The fourth-order valence-electron chi connectivity index (χ4n) is 2.51. The van der Waals surface area contributed by atoms with Crippen LogP contribution in [0, 0.1) is 5.92 Å². The van der Waals surface area contributed by atoms with Crippen LogP contribution in [0.1, 0.15) is 37.2 Å². The monoisotopic (exact) mass is 253 g/mol. The summed E-state index contributed by atoms with van der Waals surface area (Å²) in [7, 11) is 1.45. The van der Waals surface area contributed by atoms with E-state index in [0.717, 1.165) is 31.2 Å². The summed E-state index contributed by atoms with van der Waals surface area (Å²) >= 11 is 6.08. The summed E-state index contributed by atoms with van der Waals surface area (Å²) in [5.41, 5.74) is 1.11. The maximum absolute atomic E-state index is 11.4. The quantitative estimate of drug-likeness (QED) is 0.600. The van der Waals surface area contributed by atoms with Crippen LogP contribution in [0.2, 0.25) is 5.15 Å². The second-order valence-electron chi connectivity index (χ2n) is 4.46. The van der Waals surface area contributed by atoms with Crippen molar-refractivity contribution in [1.82, 2.24) is 4.98 Å². The minimum atomic E-state index is -0.0827. The van der Waals surface area contributed by atoms with Crippen molar-refractivity contribution >= 4 is 17.6 Å². The first-order chi connectivity index (χ1) is 8.22. The van der Waals surface area contributed by atoms with Gasteiger partial charge in [0, 0.05) is 6.20 Å². The van der Waals surface area contributed by atoms with Crippen molar-refractivity contribution in [2.24, 2.45) is 5.92 Å². The number of methoxy groups -OCH3 is 1. The lowest BCUT2D eigenvalue weighted by Gasteiger charge is -2.27. The zero-order chi connectivity index (χ0) is 12.3. The molecule has 1 aromatic heterocycles. The third-order valence-corrected chi connectivity index (χ3v) is 3.81. The van der Waals surface area contributed by atoms with Crippen LogP contribution in [-0.4, -0.2) is 18.1 Å². The number of pyridine rings is 1. The fraction of sp³-hybridized carbons (Fsp3) is 0.538. The van der Waals surface area contributed by atoms with Gasteiger partial charge in [0.05, 0.1) is 13.0 Å². The Morgan fingerprint density at radius 2 is 2.12 bits per heavy atom. The van der Waals surface area contributed by atoms with Crippen LogP contribution in [0.15, 0.2) is 18.3 Å². The normalized spacial score (nSPS) is 24.4. The second kappa shape index (κ2) is 5.50. The molecule has 1 aliphatic rings. The molecule has 1 saturated carbocycles. The Bertz CT molecular complexity index is 400. The molecule has 0 unspecified atom stereocenters. The summed E-state index contributed by atoms with van der Waals surface area (Å²) in [6.45, 7) is 0. The molecule has 1 fully saturated rings. The Labute approximate surface area is 106 Å². The summed E-state index contributed by atoms with van der Waals surface area (Å²) < 4.78 is 4.78. The number of carbonyl (C=O) groups is 1. The Balaban J connectivity index is 2.00. The van der Waals surface area contributed by atoms with Crippen LogP contribution in [0.3, 0.4) is 0 Å². The van der Waals surface area contributed by atoms with Crippen molar-refractivity contribution in [2.75, 3.05) is 7.11 Å². The molecule has 0 saturated heterocycles. The van der Waals surface area contributed by atoms with Gasteiger partial charge in [0.2, 0.25) is 0 Å². The zero-order valence-electron chi connectivity index (χ0n) is 9.86. The molecule has 0 radical (unpaired) electrons. The molecule has 0 spiro atoms.